The highest BCUT2D eigenvalue weighted by atomic mass is 16.1. The average molecular weight is 182 g/mol. The molecule has 0 aromatic carbocycles. The summed E-state index contributed by atoms with van der Waals surface area (Å²) in [6, 6.07) is 0.464. The van der Waals surface area contributed by atoms with Crippen LogP contribution < -0.4 is 5.32 Å². The quantitative estimate of drug-likeness (QED) is 0.583. The first-order valence-corrected chi connectivity index (χ1v) is 5.22. The van der Waals surface area contributed by atoms with Gasteiger partial charge in [-0.1, -0.05) is 0 Å². The largest absolute Gasteiger partial charge is 0.313 e. The maximum atomic E-state index is 11.6. The number of rotatable bonds is 0. The van der Waals surface area contributed by atoms with Gasteiger partial charge in [-0.25, -0.2) is 0 Å². The van der Waals surface area contributed by atoms with Crippen molar-refractivity contribution in [3.05, 3.63) is 0 Å². The molecular formula is C10H18N2O. The lowest BCUT2D eigenvalue weighted by molar-refractivity contribution is -0.125. The highest BCUT2D eigenvalue weighted by Gasteiger charge is 2.32. The van der Waals surface area contributed by atoms with Gasteiger partial charge in [-0.05, 0) is 33.0 Å². The fourth-order valence-electron chi connectivity index (χ4n) is 2.43. The molecule has 0 saturated carbocycles. The van der Waals surface area contributed by atoms with E-state index in [-0.39, 0.29) is 0 Å². The van der Waals surface area contributed by atoms with Crippen LogP contribution in [0.15, 0.2) is 0 Å². The fraction of sp³-hybridized carbons (Fsp3) is 0.900. The molecule has 0 radical (unpaired) electrons. The zero-order valence-electron chi connectivity index (χ0n) is 8.25. The second-order valence-electron chi connectivity index (χ2n) is 4.26. The van der Waals surface area contributed by atoms with Crippen molar-refractivity contribution >= 4 is 5.78 Å². The normalized spacial score (nSPS) is 36.8. The third-order valence-corrected chi connectivity index (χ3v) is 3.32. The van der Waals surface area contributed by atoms with E-state index in [1.54, 1.807) is 0 Å². The summed E-state index contributed by atoms with van der Waals surface area (Å²) in [6.07, 6.45) is 2.92. The van der Waals surface area contributed by atoms with Crippen molar-refractivity contribution < 1.29 is 4.79 Å². The van der Waals surface area contributed by atoms with E-state index in [1.807, 2.05) is 0 Å². The molecule has 2 aliphatic rings. The molecule has 2 rings (SSSR count). The predicted octanol–water partition coefficient (Wildman–Crippen LogP) is 0.259. The zero-order valence-corrected chi connectivity index (χ0v) is 8.25. The van der Waals surface area contributed by atoms with Gasteiger partial charge in [0.05, 0.1) is 0 Å². The molecule has 2 saturated heterocycles. The van der Waals surface area contributed by atoms with Gasteiger partial charge in [-0.2, -0.15) is 0 Å². The monoisotopic (exact) mass is 182 g/mol. The number of hydrogen-bond donors (Lipinski definition) is 1. The van der Waals surface area contributed by atoms with Gasteiger partial charge in [0.2, 0.25) is 0 Å². The predicted molar refractivity (Wildman–Crippen MR) is 51.6 cm³/mol. The number of fused-ring (bicyclic) bond motifs is 1. The van der Waals surface area contributed by atoms with E-state index in [0.29, 0.717) is 17.7 Å². The summed E-state index contributed by atoms with van der Waals surface area (Å²) in [5.41, 5.74) is 0. The van der Waals surface area contributed by atoms with Crippen molar-refractivity contribution in [1.29, 1.82) is 0 Å². The zero-order chi connectivity index (χ0) is 9.26. The van der Waals surface area contributed by atoms with Gasteiger partial charge < -0.3 is 10.2 Å². The van der Waals surface area contributed by atoms with Crippen LogP contribution >= 0.6 is 0 Å². The standard InChI is InChI=1S/C10H18N2O/c1-12-6-3-8-9(4-7-12)11-5-2-10(8)13/h8-9,11H,2-7H2,1H3. The minimum atomic E-state index is 0.304. The van der Waals surface area contributed by atoms with E-state index in [2.05, 4.69) is 17.3 Å². The number of piperidine rings is 1. The Morgan fingerprint density at radius 2 is 2.15 bits per heavy atom. The van der Waals surface area contributed by atoms with E-state index in [9.17, 15) is 4.79 Å². The first kappa shape index (κ1) is 9.16. The molecule has 2 fully saturated rings. The second kappa shape index (κ2) is 3.76. The lowest BCUT2D eigenvalue weighted by Crippen LogP contribution is -2.46. The smallest absolute Gasteiger partial charge is 0.138 e. The minimum absolute atomic E-state index is 0.304. The van der Waals surface area contributed by atoms with Crippen LogP contribution in [0.2, 0.25) is 0 Å². The van der Waals surface area contributed by atoms with Crippen LogP contribution in [0.3, 0.4) is 0 Å². The van der Waals surface area contributed by atoms with Gasteiger partial charge in [0.25, 0.3) is 0 Å². The number of ketones is 1. The van der Waals surface area contributed by atoms with Crippen LogP contribution in [-0.2, 0) is 4.79 Å². The number of carbonyl (C=O) groups excluding carboxylic acids is 1. The lowest BCUT2D eigenvalue weighted by Gasteiger charge is -2.29. The van der Waals surface area contributed by atoms with E-state index in [4.69, 9.17) is 0 Å². The summed E-state index contributed by atoms with van der Waals surface area (Å²) in [4.78, 5) is 14.0. The molecule has 2 atom stereocenters. The first-order valence-electron chi connectivity index (χ1n) is 5.22. The fourth-order valence-corrected chi connectivity index (χ4v) is 2.43. The maximum Gasteiger partial charge on any atom is 0.138 e. The van der Waals surface area contributed by atoms with Crippen LogP contribution in [0.4, 0.5) is 0 Å². The molecule has 2 aliphatic heterocycles. The highest BCUT2D eigenvalue weighted by Crippen LogP contribution is 2.22. The van der Waals surface area contributed by atoms with Crippen molar-refractivity contribution in [3.63, 3.8) is 0 Å². The highest BCUT2D eigenvalue weighted by molar-refractivity contribution is 5.82. The first-order chi connectivity index (χ1) is 6.27. The molecule has 0 aromatic heterocycles. The van der Waals surface area contributed by atoms with Crippen molar-refractivity contribution in [1.82, 2.24) is 10.2 Å². The van der Waals surface area contributed by atoms with Crippen LogP contribution in [0, 0.1) is 5.92 Å². The number of carbonyl (C=O) groups is 1. The molecule has 3 nitrogen and oxygen atoms in total. The maximum absolute atomic E-state index is 11.6. The molecule has 13 heavy (non-hydrogen) atoms. The Kier molecular flexibility index (Phi) is 2.65. The van der Waals surface area contributed by atoms with Gasteiger partial charge in [-0.15, -0.1) is 0 Å². The van der Waals surface area contributed by atoms with Crippen molar-refractivity contribution in [2.45, 2.75) is 25.3 Å². The number of hydrogen-bond acceptors (Lipinski definition) is 3. The minimum Gasteiger partial charge on any atom is -0.313 e. The molecule has 3 heteroatoms. The molecule has 0 amide bonds. The molecule has 2 heterocycles. The Balaban J connectivity index is 2.05. The van der Waals surface area contributed by atoms with Crippen LogP contribution in [-0.4, -0.2) is 43.4 Å². The molecule has 0 spiro atoms. The number of nitrogens with one attached hydrogen (secondary N) is 1. The Bertz CT molecular complexity index is 205. The van der Waals surface area contributed by atoms with Crippen molar-refractivity contribution in [2.24, 2.45) is 5.92 Å². The van der Waals surface area contributed by atoms with Gasteiger partial charge in [0.15, 0.2) is 0 Å². The molecule has 0 aromatic rings. The Morgan fingerprint density at radius 1 is 1.38 bits per heavy atom. The summed E-state index contributed by atoms with van der Waals surface area (Å²) in [6.45, 7) is 3.10. The Morgan fingerprint density at radius 3 is 3.00 bits per heavy atom. The summed E-state index contributed by atoms with van der Waals surface area (Å²) < 4.78 is 0. The third-order valence-electron chi connectivity index (χ3n) is 3.32. The van der Waals surface area contributed by atoms with Gasteiger partial charge in [0, 0.05) is 24.9 Å². The van der Waals surface area contributed by atoms with E-state index in [0.717, 1.165) is 38.9 Å². The number of Topliss-reactive ketones (excluding diaryl/α,β-unsaturated/α-hetero) is 1. The number of nitrogens with zero attached hydrogens (tertiary/aromatic N) is 1. The Hall–Kier alpha value is -0.410. The molecule has 2 unspecified atom stereocenters. The summed E-state index contributed by atoms with van der Waals surface area (Å²) in [5.74, 6) is 0.790. The Labute approximate surface area is 79.5 Å². The molecule has 74 valence electrons. The summed E-state index contributed by atoms with van der Waals surface area (Å²) >= 11 is 0. The molecule has 0 aliphatic carbocycles. The van der Waals surface area contributed by atoms with Crippen molar-refractivity contribution in [2.75, 3.05) is 26.7 Å². The van der Waals surface area contributed by atoms with Gasteiger partial charge in [-0.3, -0.25) is 4.79 Å². The summed E-state index contributed by atoms with van der Waals surface area (Å²) in [5, 5.41) is 3.46. The summed E-state index contributed by atoms with van der Waals surface area (Å²) in [7, 11) is 2.14. The SMILES string of the molecule is CN1CCC2NCCC(=O)C2CC1. The van der Waals surface area contributed by atoms with E-state index >= 15 is 0 Å². The second-order valence-corrected chi connectivity index (χ2v) is 4.26. The molecule has 0 bridgehead atoms. The van der Waals surface area contributed by atoms with Crippen LogP contribution in [0.5, 0.6) is 0 Å². The van der Waals surface area contributed by atoms with E-state index < -0.39 is 0 Å². The van der Waals surface area contributed by atoms with Gasteiger partial charge >= 0.3 is 0 Å². The molecule has 1 N–H and O–H groups in total. The molecular weight excluding hydrogens is 164 g/mol. The third kappa shape index (κ3) is 1.92. The van der Waals surface area contributed by atoms with Crippen LogP contribution in [0.25, 0.3) is 0 Å². The van der Waals surface area contributed by atoms with Gasteiger partial charge in [0.1, 0.15) is 5.78 Å². The topological polar surface area (TPSA) is 32.3 Å². The van der Waals surface area contributed by atoms with Crippen LogP contribution in [0.1, 0.15) is 19.3 Å². The van der Waals surface area contributed by atoms with Crippen molar-refractivity contribution in [3.8, 4) is 0 Å². The lowest BCUT2D eigenvalue weighted by atomic mass is 9.86. The average Bonchev–Trinajstić information content (AvgIpc) is 2.30. The van der Waals surface area contributed by atoms with E-state index in [1.165, 1.54) is 0 Å². The number of likely N-dealkylation sites (tertiary alicyclic amines) is 1.